The van der Waals surface area contributed by atoms with Crippen LogP contribution < -0.4 is 11.5 Å². The molecule has 0 radical (unpaired) electrons. The summed E-state index contributed by atoms with van der Waals surface area (Å²) in [5.74, 6) is 0.0190. The summed E-state index contributed by atoms with van der Waals surface area (Å²) in [6.45, 7) is 1.57. The van der Waals surface area contributed by atoms with Crippen molar-refractivity contribution < 1.29 is 4.79 Å². The summed E-state index contributed by atoms with van der Waals surface area (Å²) in [6.07, 6.45) is 2.17. The first-order valence-corrected chi connectivity index (χ1v) is 6.59. The molecule has 1 aromatic rings. The first-order valence-electron chi connectivity index (χ1n) is 6.59. The van der Waals surface area contributed by atoms with E-state index in [1.54, 1.807) is 18.2 Å². The number of likely N-dealkylation sites (N-methyl/N-ethyl adjacent to an activating group) is 1. The molecule has 0 aliphatic carbocycles. The Morgan fingerprint density at radius 1 is 1.26 bits per heavy atom. The molecule has 1 aromatic carbocycles. The van der Waals surface area contributed by atoms with Crippen LogP contribution >= 0.6 is 0 Å². The van der Waals surface area contributed by atoms with E-state index in [9.17, 15) is 4.79 Å². The minimum atomic E-state index is 0.0190. The summed E-state index contributed by atoms with van der Waals surface area (Å²) >= 11 is 0. The van der Waals surface area contributed by atoms with Gasteiger partial charge in [0.1, 0.15) is 0 Å². The van der Waals surface area contributed by atoms with E-state index in [1.807, 2.05) is 4.90 Å². The number of rotatable bonds is 2. The number of amides is 1. The maximum atomic E-state index is 12.5. The largest absolute Gasteiger partial charge is 0.399 e. The molecule has 1 fully saturated rings. The third-order valence-corrected chi connectivity index (χ3v) is 3.64. The maximum absolute atomic E-state index is 12.5. The van der Waals surface area contributed by atoms with Crippen LogP contribution in [0.1, 0.15) is 23.2 Å². The van der Waals surface area contributed by atoms with Crippen molar-refractivity contribution in [1.82, 2.24) is 9.80 Å². The van der Waals surface area contributed by atoms with E-state index >= 15 is 0 Å². The minimum Gasteiger partial charge on any atom is -0.399 e. The molecule has 1 aliphatic rings. The Morgan fingerprint density at radius 2 is 1.89 bits per heavy atom. The highest BCUT2D eigenvalue weighted by atomic mass is 16.2. The molecule has 1 saturated heterocycles. The second-order valence-corrected chi connectivity index (χ2v) is 5.40. The first kappa shape index (κ1) is 13.7. The lowest BCUT2D eigenvalue weighted by atomic mass is 10.0. The molecule has 2 rings (SSSR count). The van der Waals surface area contributed by atoms with Gasteiger partial charge in [-0.3, -0.25) is 4.79 Å². The van der Waals surface area contributed by atoms with Gasteiger partial charge in [-0.1, -0.05) is 0 Å². The molecular formula is C14H22N4O. The van der Waals surface area contributed by atoms with Crippen molar-refractivity contribution >= 4 is 17.3 Å². The Morgan fingerprint density at radius 3 is 2.47 bits per heavy atom. The molecular weight excluding hydrogens is 240 g/mol. The Labute approximate surface area is 114 Å². The highest BCUT2D eigenvalue weighted by molar-refractivity contribution is 5.96. The monoisotopic (exact) mass is 262 g/mol. The van der Waals surface area contributed by atoms with Crippen molar-refractivity contribution in [2.45, 2.75) is 18.9 Å². The van der Waals surface area contributed by atoms with E-state index in [2.05, 4.69) is 19.0 Å². The van der Waals surface area contributed by atoms with Gasteiger partial charge in [-0.25, -0.2) is 0 Å². The number of carbonyl (C=O) groups is 1. The number of likely N-dealkylation sites (tertiary alicyclic amines) is 1. The zero-order valence-electron chi connectivity index (χ0n) is 11.6. The van der Waals surface area contributed by atoms with Crippen molar-refractivity contribution in [3.8, 4) is 0 Å². The number of nitrogens with two attached hydrogens (primary N) is 2. The first-order chi connectivity index (χ1) is 8.97. The van der Waals surface area contributed by atoms with E-state index in [-0.39, 0.29) is 5.91 Å². The lowest BCUT2D eigenvalue weighted by Crippen LogP contribution is -2.47. The van der Waals surface area contributed by atoms with Gasteiger partial charge in [0, 0.05) is 36.1 Å². The standard InChI is InChI=1S/C14H22N4O/c1-17(2)13-4-3-5-18(9-13)14(19)10-6-11(15)8-12(16)7-10/h6-8,13H,3-5,9,15-16H2,1-2H3. The van der Waals surface area contributed by atoms with Gasteiger partial charge in [-0.15, -0.1) is 0 Å². The second kappa shape index (κ2) is 5.48. The van der Waals surface area contributed by atoms with Crippen LogP contribution in [0, 0.1) is 0 Å². The molecule has 1 atom stereocenters. The summed E-state index contributed by atoms with van der Waals surface area (Å²) in [4.78, 5) is 16.5. The average Bonchev–Trinajstić information content (AvgIpc) is 2.37. The molecule has 5 nitrogen and oxygen atoms in total. The Kier molecular flexibility index (Phi) is 3.95. The number of piperidine rings is 1. The van der Waals surface area contributed by atoms with Crippen molar-refractivity contribution in [3.05, 3.63) is 23.8 Å². The normalized spacial score (nSPS) is 19.7. The zero-order valence-corrected chi connectivity index (χ0v) is 11.6. The van der Waals surface area contributed by atoms with Crippen molar-refractivity contribution in [2.75, 3.05) is 38.7 Å². The molecule has 104 valence electrons. The van der Waals surface area contributed by atoms with E-state index < -0.39 is 0 Å². The van der Waals surface area contributed by atoms with Crippen LogP contribution in [0.2, 0.25) is 0 Å². The third kappa shape index (κ3) is 3.17. The fourth-order valence-electron chi connectivity index (χ4n) is 2.54. The third-order valence-electron chi connectivity index (χ3n) is 3.64. The fourth-order valence-corrected chi connectivity index (χ4v) is 2.54. The van der Waals surface area contributed by atoms with Crippen LogP contribution in [-0.2, 0) is 0 Å². The van der Waals surface area contributed by atoms with Gasteiger partial charge in [0.15, 0.2) is 0 Å². The van der Waals surface area contributed by atoms with Crippen LogP contribution in [-0.4, -0.2) is 48.9 Å². The fraction of sp³-hybridized carbons (Fsp3) is 0.500. The molecule has 0 aromatic heterocycles. The molecule has 0 saturated carbocycles. The summed E-state index contributed by atoms with van der Waals surface area (Å²) in [6, 6.07) is 5.47. The summed E-state index contributed by atoms with van der Waals surface area (Å²) in [5, 5.41) is 0. The number of carbonyl (C=O) groups excluding carboxylic acids is 1. The smallest absolute Gasteiger partial charge is 0.254 e. The molecule has 1 unspecified atom stereocenters. The molecule has 1 heterocycles. The van der Waals surface area contributed by atoms with Gasteiger partial charge in [-0.2, -0.15) is 0 Å². The number of hydrogen-bond donors (Lipinski definition) is 2. The SMILES string of the molecule is CN(C)C1CCCN(C(=O)c2cc(N)cc(N)c2)C1. The second-order valence-electron chi connectivity index (χ2n) is 5.40. The van der Waals surface area contributed by atoms with E-state index in [4.69, 9.17) is 11.5 Å². The highest BCUT2D eigenvalue weighted by Gasteiger charge is 2.25. The van der Waals surface area contributed by atoms with Gasteiger partial charge in [0.2, 0.25) is 0 Å². The number of nitrogens with zero attached hydrogens (tertiary/aromatic N) is 2. The number of benzene rings is 1. The average molecular weight is 262 g/mol. The molecule has 1 amide bonds. The molecule has 0 spiro atoms. The van der Waals surface area contributed by atoms with Gasteiger partial charge in [-0.05, 0) is 45.1 Å². The van der Waals surface area contributed by atoms with Crippen LogP contribution in [0.15, 0.2) is 18.2 Å². The maximum Gasteiger partial charge on any atom is 0.254 e. The predicted molar refractivity (Wildman–Crippen MR) is 77.9 cm³/mol. The molecule has 0 bridgehead atoms. The molecule has 5 heteroatoms. The topological polar surface area (TPSA) is 75.6 Å². The summed E-state index contributed by atoms with van der Waals surface area (Å²) < 4.78 is 0. The Hall–Kier alpha value is -1.75. The lowest BCUT2D eigenvalue weighted by Gasteiger charge is -2.36. The van der Waals surface area contributed by atoms with Crippen molar-refractivity contribution in [1.29, 1.82) is 0 Å². The summed E-state index contributed by atoms with van der Waals surface area (Å²) in [5.41, 5.74) is 13.1. The van der Waals surface area contributed by atoms with Crippen LogP contribution in [0.4, 0.5) is 11.4 Å². The number of anilines is 2. The molecule has 1 aliphatic heterocycles. The number of nitrogen functional groups attached to an aromatic ring is 2. The van der Waals surface area contributed by atoms with Crippen LogP contribution in [0.25, 0.3) is 0 Å². The Bertz CT molecular complexity index is 452. The zero-order chi connectivity index (χ0) is 14.0. The van der Waals surface area contributed by atoms with Gasteiger partial charge in [0.25, 0.3) is 5.91 Å². The van der Waals surface area contributed by atoms with Gasteiger partial charge < -0.3 is 21.3 Å². The molecule has 19 heavy (non-hydrogen) atoms. The Balaban J connectivity index is 2.14. The van der Waals surface area contributed by atoms with Crippen LogP contribution in [0.5, 0.6) is 0 Å². The van der Waals surface area contributed by atoms with Crippen molar-refractivity contribution in [3.63, 3.8) is 0 Å². The van der Waals surface area contributed by atoms with E-state index in [0.717, 1.165) is 25.9 Å². The molecule has 4 N–H and O–H groups in total. The highest BCUT2D eigenvalue weighted by Crippen LogP contribution is 2.19. The van der Waals surface area contributed by atoms with Crippen molar-refractivity contribution in [2.24, 2.45) is 0 Å². The summed E-state index contributed by atoms with van der Waals surface area (Å²) in [7, 11) is 4.11. The van der Waals surface area contributed by atoms with Gasteiger partial charge >= 0.3 is 0 Å². The quantitative estimate of drug-likeness (QED) is 0.780. The van der Waals surface area contributed by atoms with Crippen LogP contribution in [0.3, 0.4) is 0 Å². The van der Waals surface area contributed by atoms with E-state index in [1.165, 1.54) is 0 Å². The minimum absolute atomic E-state index is 0.0190. The lowest BCUT2D eigenvalue weighted by molar-refractivity contribution is 0.0635. The number of hydrogen-bond acceptors (Lipinski definition) is 4. The van der Waals surface area contributed by atoms with E-state index in [0.29, 0.717) is 23.0 Å². The van der Waals surface area contributed by atoms with Gasteiger partial charge in [0.05, 0.1) is 0 Å². The predicted octanol–water partition coefficient (Wildman–Crippen LogP) is 1.02.